The Morgan fingerprint density at radius 3 is 2.58 bits per heavy atom. The summed E-state index contributed by atoms with van der Waals surface area (Å²) < 4.78 is 9.74. The van der Waals surface area contributed by atoms with E-state index in [9.17, 15) is 14.4 Å². The van der Waals surface area contributed by atoms with Crippen molar-refractivity contribution in [3.05, 3.63) is 35.9 Å². The lowest BCUT2D eigenvalue weighted by Gasteiger charge is -2.39. The van der Waals surface area contributed by atoms with E-state index in [0.29, 0.717) is 19.6 Å². The van der Waals surface area contributed by atoms with E-state index in [2.05, 4.69) is 4.74 Å². The van der Waals surface area contributed by atoms with Gasteiger partial charge in [0.2, 0.25) is 5.91 Å². The second-order valence-corrected chi connectivity index (χ2v) is 5.77. The van der Waals surface area contributed by atoms with Crippen molar-refractivity contribution >= 4 is 24.0 Å². The second-order valence-electron chi connectivity index (χ2n) is 5.77. The molecule has 2 aliphatic rings. The third-order valence-corrected chi connectivity index (χ3v) is 4.08. The van der Waals surface area contributed by atoms with E-state index in [4.69, 9.17) is 4.74 Å². The first-order chi connectivity index (χ1) is 11.6. The lowest BCUT2D eigenvalue weighted by Crippen LogP contribution is -2.54. The topological polar surface area (TPSA) is 76.2 Å². The molecule has 3 rings (SSSR count). The number of amides is 3. The Labute approximate surface area is 139 Å². The molecule has 0 saturated carbocycles. The molecule has 0 radical (unpaired) electrons. The Bertz CT molecular complexity index is 661. The van der Waals surface area contributed by atoms with Crippen molar-refractivity contribution < 1.29 is 23.9 Å². The van der Waals surface area contributed by atoms with E-state index in [1.165, 1.54) is 6.08 Å². The standard InChI is InChI=1S/C17H18N2O5/c1-23-14-5-2-12(3-6-14)4-7-15(20)18-8-13(9-18)10-19-16(21)11-24-17(19)22/h2-7,13H,8-11H2,1H3/b7-4+. The summed E-state index contributed by atoms with van der Waals surface area (Å²) in [5, 5.41) is 0. The van der Waals surface area contributed by atoms with Crippen LogP contribution in [0.4, 0.5) is 4.79 Å². The lowest BCUT2D eigenvalue weighted by molar-refractivity contribution is -0.133. The molecule has 0 unspecified atom stereocenters. The summed E-state index contributed by atoms with van der Waals surface area (Å²) in [6.45, 7) is 1.19. The molecule has 126 valence electrons. The van der Waals surface area contributed by atoms with E-state index in [-0.39, 0.29) is 24.3 Å². The van der Waals surface area contributed by atoms with Crippen molar-refractivity contribution in [2.45, 2.75) is 0 Å². The summed E-state index contributed by atoms with van der Waals surface area (Å²) >= 11 is 0. The zero-order chi connectivity index (χ0) is 17.1. The molecule has 2 aliphatic heterocycles. The monoisotopic (exact) mass is 330 g/mol. The first kappa shape index (κ1) is 16.0. The molecule has 24 heavy (non-hydrogen) atoms. The van der Waals surface area contributed by atoms with Crippen molar-refractivity contribution in [3.8, 4) is 5.75 Å². The van der Waals surface area contributed by atoms with Gasteiger partial charge in [0.15, 0.2) is 6.61 Å². The molecule has 0 atom stereocenters. The van der Waals surface area contributed by atoms with E-state index in [1.54, 1.807) is 18.1 Å². The normalized spacial score (nSPS) is 18.0. The molecule has 1 aromatic rings. The number of cyclic esters (lactones) is 1. The van der Waals surface area contributed by atoms with Gasteiger partial charge < -0.3 is 14.4 Å². The summed E-state index contributed by atoms with van der Waals surface area (Å²) in [6.07, 6.45) is 2.67. The van der Waals surface area contributed by atoms with Gasteiger partial charge in [0, 0.05) is 31.6 Å². The summed E-state index contributed by atoms with van der Waals surface area (Å²) in [6, 6.07) is 7.39. The number of likely N-dealkylation sites (tertiary alicyclic amines) is 1. The van der Waals surface area contributed by atoms with Gasteiger partial charge in [-0.2, -0.15) is 0 Å². The van der Waals surface area contributed by atoms with Crippen LogP contribution in [0.3, 0.4) is 0 Å². The van der Waals surface area contributed by atoms with Crippen LogP contribution in [0.25, 0.3) is 6.08 Å². The quantitative estimate of drug-likeness (QED) is 0.757. The highest BCUT2D eigenvalue weighted by atomic mass is 16.6. The number of carbonyl (C=O) groups is 3. The Kier molecular flexibility index (Phi) is 4.50. The van der Waals surface area contributed by atoms with E-state index in [0.717, 1.165) is 16.2 Å². The highest BCUT2D eigenvalue weighted by molar-refractivity contribution is 5.98. The average molecular weight is 330 g/mol. The maximum absolute atomic E-state index is 12.1. The number of hydrogen-bond acceptors (Lipinski definition) is 5. The van der Waals surface area contributed by atoms with Gasteiger partial charge in [0.1, 0.15) is 5.75 Å². The predicted octanol–water partition coefficient (Wildman–Crippen LogP) is 1.15. The number of nitrogens with zero attached hydrogens (tertiary/aromatic N) is 2. The molecule has 0 spiro atoms. The number of imide groups is 1. The number of hydrogen-bond donors (Lipinski definition) is 0. The zero-order valence-corrected chi connectivity index (χ0v) is 13.3. The van der Waals surface area contributed by atoms with E-state index < -0.39 is 6.09 Å². The van der Waals surface area contributed by atoms with Crippen LogP contribution in [0.5, 0.6) is 5.75 Å². The Hall–Kier alpha value is -2.83. The van der Waals surface area contributed by atoms with Crippen LogP contribution >= 0.6 is 0 Å². The molecular formula is C17H18N2O5. The maximum Gasteiger partial charge on any atom is 0.417 e. The molecule has 0 bridgehead atoms. The van der Waals surface area contributed by atoms with Gasteiger partial charge in [-0.05, 0) is 23.8 Å². The number of methoxy groups -OCH3 is 1. The number of rotatable bonds is 5. The van der Waals surface area contributed by atoms with Crippen LogP contribution in [0, 0.1) is 5.92 Å². The third kappa shape index (κ3) is 3.40. The summed E-state index contributed by atoms with van der Waals surface area (Å²) in [7, 11) is 1.60. The van der Waals surface area contributed by atoms with Gasteiger partial charge in [-0.25, -0.2) is 9.69 Å². The highest BCUT2D eigenvalue weighted by Gasteiger charge is 2.37. The van der Waals surface area contributed by atoms with Crippen LogP contribution in [-0.4, -0.2) is 61.1 Å². The van der Waals surface area contributed by atoms with Crippen LogP contribution in [-0.2, 0) is 14.3 Å². The van der Waals surface area contributed by atoms with Gasteiger partial charge in [-0.15, -0.1) is 0 Å². The minimum absolute atomic E-state index is 0.0857. The van der Waals surface area contributed by atoms with Crippen LogP contribution in [0.2, 0.25) is 0 Å². The predicted molar refractivity (Wildman–Crippen MR) is 85.2 cm³/mol. The van der Waals surface area contributed by atoms with Gasteiger partial charge in [0.25, 0.3) is 5.91 Å². The molecule has 2 saturated heterocycles. The first-order valence-corrected chi connectivity index (χ1v) is 7.65. The molecular weight excluding hydrogens is 312 g/mol. The fourth-order valence-electron chi connectivity index (χ4n) is 2.67. The first-order valence-electron chi connectivity index (χ1n) is 7.65. The van der Waals surface area contributed by atoms with Crippen molar-refractivity contribution in [2.24, 2.45) is 5.92 Å². The second kappa shape index (κ2) is 6.74. The maximum atomic E-state index is 12.1. The number of carbonyl (C=O) groups excluding carboxylic acids is 3. The van der Waals surface area contributed by atoms with Crippen LogP contribution < -0.4 is 4.74 Å². The highest BCUT2D eigenvalue weighted by Crippen LogP contribution is 2.20. The number of benzene rings is 1. The van der Waals surface area contributed by atoms with Gasteiger partial charge >= 0.3 is 6.09 Å². The SMILES string of the molecule is COc1ccc(/C=C/C(=O)N2CC(CN3C(=O)COC3=O)C2)cc1. The average Bonchev–Trinajstić information content (AvgIpc) is 2.87. The summed E-state index contributed by atoms with van der Waals surface area (Å²) in [5.41, 5.74) is 0.909. The van der Waals surface area contributed by atoms with Gasteiger partial charge in [0.05, 0.1) is 7.11 Å². The van der Waals surface area contributed by atoms with Gasteiger partial charge in [-0.3, -0.25) is 9.59 Å². The molecule has 3 amide bonds. The molecule has 7 heteroatoms. The van der Waals surface area contributed by atoms with Crippen LogP contribution in [0.1, 0.15) is 5.56 Å². The van der Waals surface area contributed by atoms with Crippen molar-refractivity contribution in [3.63, 3.8) is 0 Å². The molecule has 1 aromatic carbocycles. The molecule has 0 N–H and O–H groups in total. The molecule has 7 nitrogen and oxygen atoms in total. The van der Waals surface area contributed by atoms with Crippen molar-refractivity contribution in [1.82, 2.24) is 9.80 Å². The summed E-state index contributed by atoms with van der Waals surface area (Å²) in [5.74, 6) is 0.471. The fourth-order valence-corrected chi connectivity index (χ4v) is 2.67. The smallest absolute Gasteiger partial charge is 0.417 e. The third-order valence-electron chi connectivity index (χ3n) is 4.08. The Balaban J connectivity index is 1.46. The Morgan fingerprint density at radius 2 is 2.00 bits per heavy atom. The largest absolute Gasteiger partial charge is 0.497 e. The van der Waals surface area contributed by atoms with Gasteiger partial charge in [-0.1, -0.05) is 12.1 Å². The Morgan fingerprint density at radius 1 is 1.29 bits per heavy atom. The minimum atomic E-state index is -0.593. The number of ether oxygens (including phenoxy) is 2. The molecule has 0 aliphatic carbocycles. The minimum Gasteiger partial charge on any atom is -0.497 e. The van der Waals surface area contributed by atoms with Crippen LogP contribution in [0.15, 0.2) is 30.3 Å². The van der Waals surface area contributed by atoms with Crippen molar-refractivity contribution in [1.29, 1.82) is 0 Å². The molecule has 0 aromatic heterocycles. The summed E-state index contributed by atoms with van der Waals surface area (Å²) in [4.78, 5) is 37.7. The van der Waals surface area contributed by atoms with Crippen molar-refractivity contribution in [2.75, 3.05) is 33.4 Å². The lowest BCUT2D eigenvalue weighted by atomic mass is 9.99. The molecule has 2 fully saturated rings. The van der Waals surface area contributed by atoms with E-state index >= 15 is 0 Å². The fraction of sp³-hybridized carbons (Fsp3) is 0.353. The zero-order valence-electron chi connectivity index (χ0n) is 13.3. The van der Waals surface area contributed by atoms with E-state index in [1.807, 2.05) is 24.3 Å². The molecule has 2 heterocycles.